The van der Waals surface area contributed by atoms with Crippen LogP contribution < -0.4 is 5.32 Å². The topological polar surface area (TPSA) is 55.4 Å². The fourth-order valence-electron chi connectivity index (χ4n) is 3.09. The Morgan fingerprint density at radius 2 is 2.23 bits per heavy atom. The van der Waals surface area contributed by atoms with Crippen molar-refractivity contribution in [2.24, 2.45) is 5.92 Å². The molecule has 0 heterocycles. The molecule has 0 aliphatic heterocycles. The van der Waals surface area contributed by atoms with E-state index >= 15 is 0 Å². The third-order valence-corrected chi connectivity index (χ3v) is 4.22. The van der Waals surface area contributed by atoms with Crippen LogP contribution in [0, 0.1) is 18.7 Å². The molecule has 1 aliphatic carbocycles. The van der Waals surface area contributed by atoms with E-state index in [1.165, 1.54) is 13.0 Å². The lowest BCUT2D eigenvalue weighted by molar-refractivity contribution is -0.114. The number of rotatable bonds is 5. The summed E-state index contributed by atoms with van der Waals surface area (Å²) >= 11 is 0. The number of hydrogen-bond acceptors (Lipinski definition) is 3. The zero-order valence-corrected chi connectivity index (χ0v) is 13.3. The number of carbonyl (C=O) groups is 2. The smallest absolute Gasteiger partial charge is 0.221 e. The Labute approximate surface area is 130 Å². The van der Waals surface area contributed by atoms with Gasteiger partial charge in [-0.05, 0) is 49.8 Å². The van der Waals surface area contributed by atoms with Crippen LogP contribution in [0.3, 0.4) is 0 Å². The van der Waals surface area contributed by atoms with Gasteiger partial charge in [0.05, 0.1) is 5.69 Å². The molecule has 0 aromatic heterocycles. The molecular formula is C17H22FNO3. The highest BCUT2D eigenvalue weighted by Gasteiger charge is 2.31. The molecule has 0 radical (unpaired) electrons. The average molecular weight is 307 g/mol. The Morgan fingerprint density at radius 1 is 1.50 bits per heavy atom. The predicted octanol–water partition coefficient (Wildman–Crippen LogP) is 3.26. The normalized spacial score (nSPS) is 17.3. The molecule has 22 heavy (non-hydrogen) atoms. The molecule has 1 aliphatic rings. The molecule has 0 fully saturated rings. The first-order valence-corrected chi connectivity index (χ1v) is 7.58. The van der Waals surface area contributed by atoms with Crippen molar-refractivity contribution in [3.8, 4) is 0 Å². The van der Waals surface area contributed by atoms with E-state index in [0.717, 1.165) is 24.8 Å². The van der Waals surface area contributed by atoms with Crippen molar-refractivity contribution >= 4 is 17.4 Å². The minimum Gasteiger partial charge on any atom is -0.385 e. The number of anilines is 1. The number of ether oxygens (including phenoxy) is 1. The zero-order valence-electron chi connectivity index (χ0n) is 13.3. The summed E-state index contributed by atoms with van der Waals surface area (Å²) in [6.45, 7) is 3.66. The van der Waals surface area contributed by atoms with E-state index < -0.39 is 0 Å². The highest BCUT2D eigenvalue weighted by molar-refractivity contribution is 6.07. The van der Waals surface area contributed by atoms with Crippen molar-refractivity contribution < 1.29 is 18.7 Å². The van der Waals surface area contributed by atoms with E-state index in [-0.39, 0.29) is 23.4 Å². The first kappa shape index (κ1) is 16.6. The summed E-state index contributed by atoms with van der Waals surface area (Å²) in [5.74, 6) is -0.767. The number of nitrogens with one attached hydrogen (secondary N) is 1. The quantitative estimate of drug-likeness (QED) is 0.849. The molecule has 1 N–H and O–H groups in total. The van der Waals surface area contributed by atoms with E-state index in [1.807, 2.05) is 0 Å². The van der Waals surface area contributed by atoms with E-state index in [4.69, 9.17) is 4.74 Å². The summed E-state index contributed by atoms with van der Waals surface area (Å²) in [4.78, 5) is 24.1. The van der Waals surface area contributed by atoms with Gasteiger partial charge in [-0.25, -0.2) is 4.39 Å². The highest BCUT2D eigenvalue weighted by Crippen LogP contribution is 2.36. The van der Waals surface area contributed by atoms with Crippen LogP contribution in [0.15, 0.2) is 6.07 Å². The number of methoxy groups -OCH3 is 1. The second-order valence-corrected chi connectivity index (χ2v) is 5.80. The molecule has 0 saturated heterocycles. The van der Waals surface area contributed by atoms with Gasteiger partial charge in [0.15, 0.2) is 5.78 Å². The summed E-state index contributed by atoms with van der Waals surface area (Å²) in [6, 6.07) is 1.25. The fourth-order valence-corrected chi connectivity index (χ4v) is 3.09. The number of amides is 1. The largest absolute Gasteiger partial charge is 0.385 e. The first-order chi connectivity index (χ1) is 10.5. The maximum Gasteiger partial charge on any atom is 0.221 e. The van der Waals surface area contributed by atoms with Gasteiger partial charge in [-0.1, -0.05) is 0 Å². The number of fused-ring (bicyclic) bond motifs is 1. The van der Waals surface area contributed by atoms with Crippen molar-refractivity contribution in [2.75, 3.05) is 19.0 Å². The summed E-state index contributed by atoms with van der Waals surface area (Å²) < 4.78 is 19.0. The zero-order chi connectivity index (χ0) is 16.3. The summed E-state index contributed by atoms with van der Waals surface area (Å²) in [5, 5.41) is 2.59. The van der Waals surface area contributed by atoms with Crippen LogP contribution in [0.2, 0.25) is 0 Å². The van der Waals surface area contributed by atoms with Gasteiger partial charge in [-0.2, -0.15) is 0 Å². The van der Waals surface area contributed by atoms with Crippen LogP contribution in [0.4, 0.5) is 10.1 Å². The van der Waals surface area contributed by atoms with E-state index in [1.54, 1.807) is 14.0 Å². The maximum absolute atomic E-state index is 14.0. The average Bonchev–Trinajstić information content (AvgIpc) is 2.45. The SMILES string of the molecule is COCCCC1CCc2c(C)c(F)cc(NC(C)=O)c2C1=O. The first-order valence-electron chi connectivity index (χ1n) is 7.58. The second-order valence-electron chi connectivity index (χ2n) is 5.80. The molecular weight excluding hydrogens is 285 g/mol. The number of Topliss-reactive ketones (excluding diaryl/α,β-unsaturated/α-hetero) is 1. The molecule has 1 unspecified atom stereocenters. The number of halogens is 1. The standard InChI is InChI=1S/C17H22FNO3/c1-10-13-7-6-12(5-4-8-22-3)17(21)16(13)15(9-14(10)18)19-11(2)20/h9,12H,4-8H2,1-3H3,(H,19,20). The summed E-state index contributed by atoms with van der Waals surface area (Å²) in [5.41, 5.74) is 2.03. The molecule has 4 nitrogen and oxygen atoms in total. The van der Waals surface area contributed by atoms with Crippen molar-refractivity contribution in [3.63, 3.8) is 0 Å². The Hall–Kier alpha value is -1.75. The van der Waals surface area contributed by atoms with Crippen LogP contribution >= 0.6 is 0 Å². The molecule has 120 valence electrons. The molecule has 0 spiro atoms. The van der Waals surface area contributed by atoms with Gasteiger partial charge in [0.1, 0.15) is 5.82 Å². The minimum absolute atomic E-state index is 0.00389. The van der Waals surface area contributed by atoms with Crippen molar-refractivity contribution in [2.45, 2.75) is 39.5 Å². The lowest BCUT2D eigenvalue weighted by Gasteiger charge is -2.27. The van der Waals surface area contributed by atoms with Crippen LogP contribution in [-0.4, -0.2) is 25.4 Å². The Bertz CT molecular complexity index is 598. The number of ketones is 1. The monoisotopic (exact) mass is 307 g/mol. The summed E-state index contributed by atoms with van der Waals surface area (Å²) in [7, 11) is 1.64. The van der Waals surface area contributed by atoms with Gasteiger partial charge in [0, 0.05) is 32.1 Å². The van der Waals surface area contributed by atoms with Crippen molar-refractivity contribution in [1.82, 2.24) is 0 Å². The third kappa shape index (κ3) is 3.35. The predicted molar refractivity (Wildman–Crippen MR) is 82.7 cm³/mol. The van der Waals surface area contributed by atoms with Gasteiger partial charge < -0.3 is 10.1 Å². The minimum atomic E-state index is -0.381. The van der Waals surface area contributed by atoms with Crippen LogP contribution in [-0.2, 0) is 16.0 Å². The molecule has 1 atom stereocenters. The molecule has 5 heteroatoms. The van der Waals surface area contributed by atoms with Gasteiger partial charge in [-0.3, -0.25) is 9.59 Å². The lowest BCUT2D eigenvalue weighted by Crippen LogP contribution is -2.26. The number of carbonyl (C=O) groups excluding carboxylic acids is 2. The molecule has 1 aromatic rings. The maximum atomic E-state index is 14.0. The Kier molecular flexibility index (Phi) is 5.29. The molecule has 0 saturated carbocycles. The molecule has 1 amide bonds. The fraction of sp³-hybridized carbons (Fsp3) is 0.529. The van der Waals surface area contributed by atoms with E-state index in [2.05, 4.69) is 5.32 Å². The highest BCUT2D eigenvalue weighted by atomic mass is 19.1. The van der Waals surface area contributed by atoms with Crippen molar-refractivity contribution in [3.05, 3.63) is 28.6 Å². The van der Waals surface area contributed by atoms with Crippen LogP contribution in [0.5, 0.6) is 0 Å². The Balaban J connectivity index is 2.36. The third-order valence-electron chi connectivity index (χ3n) is 4.22. The van der Waals surface area contributed by atoms with Gasteiger partial charge in [0.2, 0.25) is 5.91 Å². The number of hydrogen-bond donors (Lipinski definition) is 1. The van der Waals surface area contributed by atoms with Crippen molar-refractivity contribution in [1.29, 1.82) is 0 Å². The van der Waals surface area contributed by atoms with Gasteiger partial charge >= 0.3 is 0 Å². The van der Waals surface area contributed by atoms with Crippen LogP contribution in [0.25, 0.3) is 0 Å². The molecule has 1 aromatic carbocycles. The summed E-state index contributed by atoms with van der Waals surface area (Å²) in [6.07, 6.45) is 2.95. The van der Waals surface area contributed by atoms with Crippen LogP contribution in [0.1, 0.15) is 47.7 Å². The Morgan fingerprint density at radius 3 is 2.86 bits per heavy atom. The lowest BCUT2D eigenvalue weighted by atomic mass is 9.78. The number of benzene rings is 1. The van der Waals surface area contributed by atoms with E-state index in [0.29, 0.717) is 29.8 Å². The second kappa shape index (κ2) is 7.01. The molecule has 2 rings (SSSR count). The van der Waals surface area contributed by atoms with E-state index in [9.17, 15) is 14.0 Å². The van der Waals surface area contributed by atoms with Gasteiger partial charge in [0.25, 0.3) is 0 Å². The van der Waals surface area contributed by atoms with Gasteiger partial charge in [-0.15, -0.1) is 0 Å². The molecule has 0 bridgehead atoms.